The van der Waals surface area contributed by atoms with Gasteiger partial charge in [-0.3, -0.25) is 5.43 Å². The Balaban J connectivity index is 2.07. The number of aromatic nitrogens is 1. The van der Waals surface area contributed by atoms with Crippen LogP contribution in [0.4, 0.5) is 10.5 Å². The number of benzene rings is 3. The summed E-state index contributed by atoms with van der Waals surface area (Å²) in [6.07, 6.45) is -0.549. The monoisotopic (exact) mass is 465 g/mol. The van der Waals surface area contributed by atoms with Crippen molar-refractivity contribution in [3.63, 3.8) is 0 Å². The summed E-state index contributed by atoms with van der Waals surface area (Å²) in [7, 11) is 1.34. The summed E-state index contributed by atoms with van der Waals surface area (Å²) < 4.78 is 5.75. The van der Waals surface area contributed by atoms with Crippen LogP contribution in [0, 0.1) is 0 Å². The summed E-state index contributed by atoms with van der Waals surface area (Å²) in [5, 5.41) is 3.33. The summed E-state index contributed by atoms with van der Waals surface area (Å²) >= 11 is 3.57. The molecule has 1 aromatic heterocycles. The van der Waals surface area contributed by atoms with Gasteiger partial charge in [0.2, 0.25) is 0 Å². The van der Waals surface area contributed by atoms with Crippen LogP contribution in [0.5, 0.6) is 0 Å². The van der Waals surface area contributed by atoms with Crippen LogP contribution in [0.15, 0.2) is 59.1 Å². The number of carbonyl (C=O) groups is 1. The average molecular weight is 466 g/mol. The van der Waals surface area contributed by atoms with Gasteiger partial charge in [-0.25, -0.2) is 10.2 Å². The minimum atomic E-state index is -0.549. The Labute approximate surface area is 183 Å². The Kier molecular flexibility index (Phi) is 5.20. The maximum Gasteiger partial charge on any atom is 0.425 e. The second kappa shape index (κ2) is 7.69. The third-order valence-corrected chi connectivity index (χ3v) is 5.67. The van der Waals surface area contributed by atoms with Gasteiger partial charge >= 0.3 is 6.09 Å². The van der Waals surface area contributed by atoms with Crippen molar-refractivity contribution in [3.05, 3.63) is 64.8 Å². The van der Waals surface area contributed by atoms with E-state index in [1.54, 1.807) is 0 Å². The number of aromatic amines is 1. The number of ether oxygens (including phenoxy) is 1. The second-order valence-corrected chi connectivity index (χ2v) is 9.18. The van der Waals surface area contributed by atoms with E-state index in [0.717, 1.165) is 48.7 Å². The van der Waals surface area contributed by atoms with Gasteiger partial charge in [-0.1, -0.05) is 67.0 Å². The quantitative estimate of drug-likeness (QED) is 0.293. The number of nitrogens with one attached hydrogen (secondary N) is 3. The van der Waals surface area contributed by atoms with E-state index in [1.165, 1.54) is 7.11 Å². The van der Waals surface area contributed by atoms with Gasteiger partial charge in [-0.05, 0) is 35.0 Å². The zero-order valence-electron chi connectivity index (χ0n) is 17.4. The molecule has 3 aromatic carbocycles. The van der Waals surface area contributed by atoms with Crippen molar-refractivity contribution in [1.82, 2.24) is 10.4 Å². The molecular weight excluding hydrogens is 442 g/mol. The molecule has 30 heavy (non-hydrogen) atoms. The molecule has 0 aliphatic carbocycles. The van der Waals surface area contributed by atoms with Crippen molar-refractivity contribution in [2.45, 2.75) is 26.2 Å². The molecule has 0 saturated heterocycles. The minimum absolute atomic E-state index is 0.112. The van der Waals surface area contributed by atoms with Crippen LogP contribution < -0.4 is 10.9 Å². The summed E-state index contributed by atoms with van der Waals surface area (Å²) in [5.74, 6) is 0. The Morgan fingerprint density at radius 1 is 1.00 bits per heavy atom. The van der Waals surface area contributed by atoms with Gasteiger partial charge in [0.1, 0.15) is 0 Å². The molecule has 0 spiro atoms. The molecule has 0 atom stereocenters. The lowest BCUT2D eigenvalue weighted by Gasteiger charge is -2.22. The minimum Gasteiger partial charge on any atom is -0.452 e. The van der Waals surface area contributed by atoms with E-state index in [-0.39, 0.29) is 5.41 Å². The first-order valence-corrected chi connectivity index (χ1v) is 10.5. The van der Waals surface area contributed by atoms with Gasteiger partial charge in [0.05, 0.1) is 12.8 Å². The number of halogens is 1. The van der Waals surface area contributed by atoms with E-state index in [9.17, 15) is 4.79 Å². The molecule has 4 aromatic rings. The standard InChI is InChI=1S/C24H24BrN3O2/c1-24(2,3)22-21(17-7-5-6-8-18(17)26-22)20-16-11-10-15(25)13-14(16)9-12-19(20)27-28-23(29)30-4/h5-13,26-27H,1-4H3,(H,28,29). The Bertz CT molecular complexity index is 1250. The molecule has 4 rings (SSSR count). The van der Waals surface area contributed by atoms with Gasteiger partial charge in [0.25, 0.3) is 0 Å². The number of amides is 1. The topological polar surface area (TPSA) is 66.2 Å². The molecule has 6 heteroatoms. The maximum atomic E-state index is 11.7. The van der Waals surface area contributed by atoms with Crippen LogP contribution in [0.25, 0.3) is 32.8 Å². The van der Waals surface area contributed by atoms with Gasteiger partial charge in [0.15, 0.2) is 0 Å². The molecule has 0 fully saturated rings. The molecular formula is C24H24BrN3O2. The second-order valence-electron chi connectivity index (χ2n) is 8.27. The molecule has 0 radical (unpaired) electrons. The Morgan fingerprint density at radius 2 is 1.77 bits per heavy atom. The predicted octanol–water partition coefficient (Wildman–Crippen LogP) is 6.73. The molecule has 0 bridgehead atoms. The molecule has 1 heterocycles. The first kappa shape index (κ1) is 20.3. The smallest absolute Gasteiger partial charge is 0.425 e. The zero-order chi connectivity index (χ0) is 21.5. The predicted molar refractivity (Wildman–Crippen MR) is 127 cm³/mol. The highest BCUT2D eigenvalue weighted by Crippen LogP contribution is 2.45. The number of hydrazine groups is 1. The summed E-state index contributed by atoms with van der Waals surface area (Å²) in [5.41, 5.74) is 10.7. The zero-order valence-corrected chi connectivity index (χ0v) is 19.0. The van der Waals surface area contributed by atoms with Gasteiger partial charge in [-0.15, -0.1) is 0 Å². The molecule has 3 N–H and O–H groups in total. The van der Waals surface area contributed by atoms with E-state index in [2.05, 4.69) is 76.8 Å². The number of fused-ring (bicyclic) bond motifs is 2. The first-order chi connectivity index (χ1) is 14.3. The van der Waals surface area contributed by atoms with Crippen molar-refractivity contribution in [3.8, 4) is 11.1 Å². The van der Waals surface area contributed by atoms with E-state index >= 15 is 0 Å². The Morgan fingerprint density at radius 3 is 2.50 bits per heavy atom. The van der Waals surface area contributed by atoms with Crippen LogP contribution in [0.1, 0.15) is 26.5 Å². The number of hydrogen-bond donors (Lipinski definition) is 3. The molecule has 5 nitrogen and oxygen atoms in total. The SMILES string of the molecule is COC(=O)NNc1ccc2cc(Br)ccc2c1-c1c(C(C)(C)C)[nH]c2ccccc12. The maximum absolute atomic E-state index is 11.7. The molecule has 0 saturated carbocycles. The number of H-pyrrole nitrogens is 1. The van der Waals surface area contributed by atoms with Crippen molar-refractivity contribution < 1.29 is 9.53 Å². The average Bonchev–Trinajstić information content (AvgIpc) is 3.11. The van der Waals surface area contributed by atoms with Crippen molar-refractivity contribution >= 4 is 49.4 Å². The molecule has 0 aliphatic rings. The van der Waals surface area contributed by atoms with E-state index in [4.69, 9.17) is 4.74 Å². The largest absolute Gasteiger partial charge is 0.452 e. The lowest BCUT2D eigenvalue weighted by atomic mass is 9.84. The highest BCUT2D eigenvalue weighted by molar-refractivity contribution is 9.10. The molecule has 154 valence electrons. The molecule has 0 aliphatic heterocycles. The fraction of sp³-hybridized carbons (Fsp3) is 0.208. The molecule has 1 amide bonds. The summed E-state index contributed by atoms with van der Waals surface area (Å²) in [6.45, 7) is 6.59. The van der Waals surface area contributed by atoms with Crippen LogP contribution in [-0.2, 0) is 10.2 Å². The highest BCUT2D eigenvalue weighted by atomic mass is 79.9. The van der Waals surface area contributed by atoms with E-state index in [0.29, 0.717) is 0 Å². The number of hydrogen-bond acceptors (Lipinski definition) is 3. The van der Waals surface area contributed by atoms with Crippen molar-refractivity contribution in [2.24, 2.45) is 0 Å². The van der Waals surface area contributed by atoms with Gasteiger partial charge < -0.3 is 9.72 Å². The number of para-hydroxylation sites is 1. The van der Waals surface area contributed by atoms with E-state index < -0.39 is 6.09 Å². The lowest BCUT2D eigenvalue weighted by molar-refractivity contribution is 0.173. The lowest BCUT2D eigenvalue weighted by Crippen LogP contribution is -2.29. The third-order valence-electron chi connectivity index (χ3n) is 5.17. The Hall–Kier alpha value is -2.99. The number of methoxy groups -OCH3 is 1. The van der Waals surface area contributed by atoms with Crippen LogP contribution in [0.2, 0.25) is 0 Å². The molecule has 0 unspecified atom stereocenters. The fourth-order valence-corrected chi connectivity index (χ4v) is 4.19. The van der Waals surface area contributed by atoms with Crippen LogP contribution in [0.3, 0.4) is 0 Å². The highest BCUT2D eigenvalue weighted by Gasteiger charge is 2.26. The summed E-state index contributed by atoms with van der Waals surface area (Å²) in [6, 6.07) is 18.6. The fourth-order valence-electron chi connectivity index (χ4n) is 3.81. The van der Waals surface area contributed by atoms with Crippen LogP contribution >= 0.6 is 15.9 Å². The number of carbonyl (C=O) groups excluding carboxylic acids is 1. The number of rotatable bonds is 3. The normalized spacial score (nSPS) is 11.6. The van der Waals surface area contributed by atoms with Crippen molar-refractivity contribution in [2.75, 3.05) is 12.5 Å². The van der Waals surface area contributed by atoms with Gasteiger partial charge in [-0.2, -0.15) is 0 Å². The van der Waals surface area contributed by atoms with Gasteiger partial charge in [0, 0.05) is 37.6 Å². The van der Waals surface area contributed by atoms with Crippen molar-refractivity contribution in [1.29, 1.82) is 0 Å². The third kappa shape index (κ3) is 3.63. The first-order valence-electron chi connectivity index (χ1n) is 9.73. The number of anilines is 1. The van der Waals surface area contributed by atoms with Crippen LogP contribution in [-0.4, -0.2) is 18.2 Å². The van der Waals surface area contributed by atoms with E-state index in [1.807, 2.05) is 30.3 Å². The summed E-state index contributed by atoms with van der Waals surface area (Å²) in [4.78, 5) is 15.4.